The fourth-order valence-electron chi connectivity index (χ4n) is 2.05. The van der Waals surface area contributed by atoms with Crippen LogP contribution >= 0.6 is 0 Å². The Labute approximate surface area is 157 Å². The molecule has 140 valence electrons. The van der Waals surface area contributed by atoms with Crippen LogP contribution in [0.15, 0.2) is 66.3 Å². The van der Waals surface area contributed by atoms with Gasteiger partial charge in [-0.1, -0.05) is 24.8 Å². The first-order valence-corrected chi connectivity index (χ1v) is 8.33. The minimum absolute atomic E-state index is 0.392. The van der Waals surface area contributed by atoms with Gasteiger partial charge in [-0.2, -0.15) is 5.10 Å². The van der Waals surface area contributed by atoms with Crippen molar-refractivity contribution in [1.82, 2.24) is 5.43 Å². The molecule has 0 unspecified atom stereocenters. The zero-order valence-corrected chi connectivity index (χ0v) is 15.0. The predicted molar refractivity (Wildman–Crippen MR) is 104 cm³/mol. The van der Waals surface area contributed by atoms with Crippen LogP contribution in [-0.4, -0.2) is 31.2 Å². The first-order valence-electron chi connectivity index (χ1n) is 8.33. The van der Waals surface area contributed by atoms with E-state index >= 15 is 0 Å². The van der Waals surface area contributed by atoms with Gasteiger partial charge in [0.1, 0.15) is 18.1 Å². The molecule has 0 saturated carbocycles. The van der Waals surface area contributed by atoms with Gasteiger partial charge in [0, 0.05) is 5.69 Å². The van der Waals surface area contributed by atoms with Gasteiger partial charge in [0.25, 0.3) is 0 Å². The van der Waals surface area contributed by atoms with E-state index in [1.54, 1.807) is 54.6 Å². The molecule has 2 aromatic rings. The molecule has 7 nitrogen and oxygen atoms in total. The number of hydrogen-bond donors (Lipinski definition) is 2. The Morgan fingerprint density at radius 1 is 1.07 bits per heavy atom. The highest BCUT2D eigenvalue weighted by Crippen LogP contribution is 2.15. The number of nitrogens with one attached hydrogen (secondary N) is 2. The summed E-state index contributed by atoms with van der Waals surface area (Å²) in [5.41, 5.74) is 3.38. The van der Waals surface area contributed by atoms with Crippen LogP contribution < -0.4 is 20.2 Å². The highest BCUT2D eigenvalue weighted by molar-refractivity contribution is 6.39. The molecule has 0 spiro atoms. The molecule has 0 heterocycles. The Hall–Kier alpha value is -3.61. The number of benzene rings is 2. The van der Waals surface area contributed by atoms with Crippen LogP contribution in [0.1, 0.15) is 12.5 Å². The highest BCUT2D eigenvalue weighted by atomic mass is 16.5. The number of hydrazone groups is 1. The molecule has 0 aliphatic heterocycles. The van der Waals surface area contributed by atoms with E-state index in [2.05, 4.69) is 22.4 Å². The lowest BCUT2D eigenvalue weighted by Gasteiger charge is -2.06. The first kappa shape index (κ1) is 19.7. The summed E-state index contributed by atoms with van der Waals surface area (Å²) in [7, 11) is 0. The number of amides is 2. The van der Waals surface area contributed by atoms with Crippen LogP contribution in [0.5, 0.6) is 11.5 Å². The van der Waals surface area contributed by atoms with E-state index in [1.807, 2.05) is 6.92 Å². The van der Waals surface area contributed by atoms with Gasteiger partial charge in [0.2, 0.25) is 0 Å². The first-order chi connectivity index (χ1) is 13.1. The van der Waals surface area contributed by atoms with E-state index in [0.717, 1.165) is 0 Å². The van der Waals surface area contributed by atoms with Crippen molar-refractivity contribution in [2.24, 2.45) is 5.10 Å². The smallest absolute Gasteiger partial charge is 0.329 e. The number of carbonyl (C=O) groups is 2. The van der Waals surface area contributed by atoms with Gasteiger partial charge in [0.15, 0.2) is 0 Å². The standard InChI is InChI=1S/C20H21N3O4/c1-3-12-27-18-7-5-6-15(13-18)14-21-23-20(25)19(24)22-16-8-10-17(11-9-16)26-4-2/h3,5-11,13-14H,1,4,12H2,2H3,(H,22,24)(H,23,25). The number of anilines is 1. The normalized spacial score (nSPS) is 10.3. The molecular weight excluding hydrogens is 346 g/mol. The summed E-state index contributed by atoms with van der Waals surface area (Å²) < 4.78 is 10.7. The van der Waals surface area contributed by atoms with Crippen molar-refractivity contribution in [2.45, 2.75) is 6.92 Å². The molecule has 2 aromatic carbocycles. The Morgan fingerprint density at radius 2 is 1.85 bits per heavy atom. The molecule has 0 atom stereocenters. The maximum Gasteiger partial charge on any atom is 0.329 e. The van der Waals surface area contributed by atoms with Crippen molar-refractivity contribution in [1.29, 1.82) is 0 Å². The zero-order valence-electron chi connectivity index (χ0n) is 15.0. The highest BCUT2D eigenvalue weighted by Gasteiger charge is 2.12. The summed E-state index contributed by atoms with van der Waals surface area (Å²) in [6.45, 7) is 6.41. The van der Waals surface area contributed by atoms with E-state index in [4.69, 9.17) is 9.47 Å². The second-order valence-corrected chi connectivity index (χ2v) is 5.28. The Morgan fingerprint density at radius 3 is 2.56 bits per heavy atom. The molecule has 0 aliphatic carbocycles. The molecule has 7 heteroatoms. The van der Waals surface area contributed by atoms with Gasteiger partial charge in [0.05, 0.1) is 12.8 Å². The van der Waals surface area contributed by atoms with Crippen LogP contribution in [0.4, 0.5) is 5.69 Å². The monoisotopic (exact) mass is 367 g/mol. The fraction of sp³-hybridized carbons (Fsp3) is 0.150. The molecule has 0 saturated heterocycles. The van der Waals surface area contributed by atoms with Crippen molar-refractivity contribution in [3.05, 3.63) is 66.7 Å². The van der Waals surface area contributed by atoms with Crippen molar-refractivity contribution in [2.75, 3.05) is 18.5 Å². The third-order valence-corrected chi connectivity index (χ3v) is 3.24. The second kappa shape index (κ2) is 10.4. The van der Waals surface area contributed by atoms with E-state index in [-0.39, 0.29) is 0 Å². The van der Waals surface area contributed by atoms with Crippen molar-refractivity contribution in [3.8, 4) is 11.5 Å². The number of nitrogens with zero attached hydrogens (tertiary/aromatic N) is 1. The average Bonchev–Trinajstić information content (AvgIpc) is 2.68. The maximum atomic E-state index is 11.9. The van der Waals surface area contributed by atoms with Crippen LogP contribution in [0.2, 0.25) is 0 Å². The van der Waals surface area contributed by atoms with Crippen LogP contribution in [-0.2, 0) is 9.59 Å². The van der Waals surface area contributed by atoms with Gasteiger partial charge >= 0.3 is 11.8 Å². The summed E-state index contributed by atoms with van der Waals surface area (Å²) in [5.74, 6) is -0.360. The number of carbonyl (C=O) groups excluding carboxylic acids is 2. The lowest BCUT2D eigenvalue weighted by atomic mass is 10.2. The lowest BCUT2D eigenvalue weighted by molar-refractivity contribution is -0.136. The summed E-state index contributed by atoms with van der Waals surface area (Å²) in [5, 5.41) is 6.27. The largest absolute Gasteiger partial charge is 0.494 e. The molecule has 2 N–H and O–H groups in total. The van der Waals surface area contributed by atoms with Gasteiger partial charge in [-0.25, -0.2) is 5.43 Å². The quantitative estimate of drug-likeness (QED) is 0.325. The molecule has 2 rings (SSSR count). The number of hydrogen-bond acceptors (Lipinski definition) is 5. The summed E-state index contributed by atoms with van der Waals surface area (Å²) in [4.78, 5) is 23.7. The van der Waals surface area contributed by atoms with Gasteiger partial charge < -0.3 is 14.8 Å². The Kier molecular flexibility index (Phi) is 7.59. The van der Waals surface area contributed by atoms with Crippen molar-refractivity contribution >= 4 is 23.7 Å². The molecule has 0 bridgehead atoms. The minimum atomic E-state index is -0.876. The van der Waals surface area contributed by atoms with Crippen LogP contribution in [0.3, 0.4) is 0 Å². The van der Waals surface area contributed by atoms with Crippen molar-refractivity contribution < 1.29 is 19.1 Å². The summed E-state index contributed by atoms with van der Waals surface area (Å²) >= 11 is 0. The Balaban J connectivity index is 1.86. The topological polar surface area (TPSA) is 89.0 Å². The van der Waals surface area contributed by atoms with E-state index < -0.39 is 11.8 Å². The van der Waals surface area contributed by atoms with Crippen molar-refractivity contribution in [3.63, 3.8) is 0 Å². The van der Waals surface area contributed by atoms with Gasteiger partial charge in [-0.3, -0.25) is 9.59 Å². The van der Waals surface area contributed by atoms with Gasteiger partial charge in [-0.15, -0.1) is 0 Å². The van der Waals surface area contributed by atoms with E-state index in [1.165, 1.54) is 6.21 Å². The molecule has 27 heavy (non-hydrogen) atoms. The zero-order chi connectivity index (χ0) is 19.5. The molecule has 2 amide bonds. The average molecular weight is 367 g/mol. The lowest BCUT2D eigenvalue weighted by Crippen LogP contribution is -2.32. The molecular formula is C20H21N3O4. The second-order valence-electron chi connectivity index (χ2n) is 5.28. The molecule has 0 radical (unpaired) electrons. The summed E-state index contributed by atoms with van der Waals surface area (Å²) in [6, 6.07) is 13.8. The fourth-order valence-corrected chi connectivity index (χ4v) is 2.05. The van der Waals surface area contributed by atoms with E-state index in [9.17, 15) is 9.59 Å². The third-order valence-electron chi connectivity index (χ3n) is 3.24. The SMILES string of the molecule is C=CCOc1cccc(C=NNC(=O)C(=O)Nc2ccc(OCC)cc2)c1. The van der Waals surface area contributed by atoms with Gasteiger partial charge in [-0.05, 0) is 48.9 Å². The maximum absolute atomic E-state index is 11.9. The number of rotatable bonds is 8. The third kappa shape index (κ3) is 6.66. The molecule has 0 aliphatic rings. The summed E-state index contributed by atoms with van der Waals surface area (Å²) in [6.07, 6.45) is 3.06. The van der Waals surface area contributed by atoms with E-state index in [0.29, 0.717) is 36.0 Å². The molecule has 0 aromatic heterocycles. The molecule has 0 fully saturated rings. The Bertz CT molecular complexity index is 816. The predicted octanol–water partition coefficient (Wildman–Crippen LogP) is 2.74. The number of ether oxygens (including phenoxy) is 2. The minimum Gasteiger partial charge on any atom is -0.494 e. The van der Waals surface area contributed by atoms with Crippen LogP contribution in [0, 0.1) is 0 Å². The van der Waals surface area contributed by atoms with Crippen LogP contribution in [0.25, 0.3) is 0 Å².